The van der Waals surface area contributed by atoms with Gasteiger partial charge < -0.3 is 20.7 Å². The van der Waals surface area contributed by atoms with E-state index in [0.717, 1.165) is 19.5 Å². The summed E-state index contributed by atoms with van der Waals surface area (Å²) in [5.74, 6) is -2.69. The standard InChI is InChI=1S/C10H19F3N4O/c1-16-3-2-4-17(6-5-16)7-8(9(14)15-18)10(11,12)13/h8,18H,2-7H2,1H3,(H2,14,15). The van der Waals surface area contributed by atoms with E-state index in [1.807, 2.05) is 7.05 Å². The van der Waals surface area contributed by atoms with Crippen molar-refractivity contribution in [3.63, 3.8) is 0 Å². The molecule has 106 valence electrons. The molecule has 0 aromatic rings. The summed E-state index contributed by atoms with van der Waals surface area (Å²) in [6, 6.07) is 0. The lowest BCUT2D eigenvalue weighted by Gasteiger charge is -2.26. The lowest BCUT2D eigenvalue weighted by atomic mass is 10.1. The number of halogens is 3. The van der Waals surface area contributed by atoms with Crippen LogP contribution in [0.4, 0.5) is 13.2 Å². The Morgan fingerprint density at radius 1 is 1.33 bits per heavy atom. The zero-order chi connectivity index (χ0) is 13.8. The largest absolute Gasteiger partial charge is 0.409 e. The van der Waals surface area contributed by atoms with Crippen LogP contribution in [0.1, 0.15) is 6.42 Å². The SMILES string of the molecule is CN1CCCN(CC(C(N)=NO)C(F)(F)F)CC1. The van der Waals surface area contributed by atoms with Crippen molar-refractivity contribution in [2.45, 2.75) is 12.6 Å². The topological polar surface area (TPSA) is 65.1 Å². The van der Waals surface area contributed by atoms with Crippen LogP contribution in [-0.4, -0.2) is 66.8 Å². The lowest BCUT2D eigenvalue weighted by molar-refractivity contribution is -0.160. The number of alkyl halides is 3. The van der Waals surface area contributed by atoms with Gasteiger partial charge in [0, 0.05) is 19.6 Å². The van der Waals surface area contributed by atoms with Crippen LogP contribution in [0.25, 0.3) is 0 Å². The maximum atomic E-state index is 12.8. The van der Waals surface area contributed by atoms with E-state index in [-0.39, 0.29) is 6.54 Å². The molecular weight excluding hydrogens is 249 g/mol. The minimum absolute atomic E-state index is 0.257. The van der Waals surface area contributed by atoms with Gasteiger partial charge in [-0.1, -0.05) is 5.16 Å². The van der Waals surface area contributed by atoms with Crippen LogP contribution in [-0.2, 0) is 0 Å². The number of oxime groups is 1. The van der Waals surface area contributed by atoms with E-state index in [1.54, 1.807) is 4.90 Å². The number of rotatable bonds is 3. The van der Waals surface area contributed by atoms with Gasteiger partial charge in [-0.3, -0.25) is 0 Å². The van der Waals surface area contributed by atoms with Gasteiger partial charge in [-0.15, -0.1) is 0 Å². The third-order valence-electron chi connectivity index (χ3n) is 3.12. The van der Waals surface area contributed by atoms with Gasteiger partial charge in [-0.05, 0) is 26.6 Å². The quantitative estimate of drug-likeness (QED) is 0.339. The summed E-state index contributed by atoms with van der Waals surface area (Å²) >= 11 is 0. The summed E-state index contributed by atoms with van der Waals surface area (Å²) in [4.78, 5) is 3.78. The summed E-state index contributed by atoms with van der Waals surface area (Å²) in [5.41, 5.74) is 5.13. The van der Waals surface area contributed by atoms with Gasteiger partial charge in [0.2, 0.25) is 0 Å². The van der Waals surface area contributed by atoms with Crippen LogP contribution in [0.15, 0.2) is 5.16 Å². The van der Waals surface area contributed by atoms with Gasteiger partial charge in [0.05, 0.1) is 0 Å². The normalized spacial score (nSPS) is 22.8. The molecule has 8 heteroatoms. The third kappa shape index (κ3) is 4.34. The Hall–Kier alpha value is -1.02. The van der Waals surface area contributed by atoms with Crippen molar-refractivity contribution in [1.29, 1.82) is 0 Å². The summed E-state index contributed by atoms with van der Waals surface area (Å²) < 4.78 is 38.3. The third-order valence-corrected chi connectivity index (χ3v) is 3.12. The highest BCUT2D eigenvalue weighted by atomic mass is 19.4. The van der Waals surface area contributed by atoms with E-state index in [2.05, 4.69) is 10.1 Å². The fourth-order valence-electron chi connectivity index (χ4n) is 1.98. The van der Waals surface area contributed by atoms with E-state index in [0.29, 0.717) is 13.1 Å². The molecule has 3 N–H and O–H groups in total. The molecule has 1 atom stereocenters. The highest BCUT2D eigenvalue weighted by molar-refractivity contribution is 5.83. The van der Waals surface area contributed by atoms with Crippen molar-refractivity contribution in [1.82, 2.24) is 9.80 Å². The van der Waals surface area contributed by atoms with Gasteiger partial charge in [0.1, 0.15) is 5.92 Å². The summed E-state index contributed by atoms with van der Waals surface area (Å²) in [6.07, 6.45) is -3.67. The van der Waals surface area contributed by atoms with Crippen LogP contribution in [0.5, 0.6) is 0 Å². The second-order valence-electron chi connectivity index (χ2n) is 4.58. The average molecular weight is 268 g/mol. The first-order valence-electron chi connectivity index (χ1n) is 5.79. The van der Waals surface area contributed by atoms with Crippen molar-refractivity contribution in [3.8, 4) is 0 Å². The Labute approximate surface area is 104 Å². The molecule has 0 aromatic carbocycles. The van der Waals surface area contributed by atoms with Gasteiger partial charge in [-0.2, -0.15) is 13.2 Å². The van der Waals surface area contributed by atoms with Crippen LogP contribution in [0, 0.1) is 5.92 Å². The van der Waals surface area contributed by atoms with E-state index in [9.17, 15) is 13.2 Å². The molecule has 1 rings (SSSR count). The van der Waals surface area contributed by atoms with Gasteiger partial charge in [0.25, 0.3) is 0 Å². The minimum atomic E-state index is -4.49. The predicted molar refractivity (Wildman–Crippen MR) is 61.5 cm³/mol. The molecule has 1 fully saturated rings. The first-order valence-corrected chi connectivity index (χ1v) is 5.79. The molecule has 5 nitrogen and oxygen atoms in total. The number of amidine groups is 1. The second-order valence-corrected chi connectivity index (χ2v) is 4.58. The first-order chi connectivity index (χ1) is 8.34. The number of nitrogens with zero attached hydrogens (tertiary/aromatic N) is 3. The van der Waals surface area contributed by atoms with Gasteiger partial charge in [-0.25, -0.2) is 0 Å². The fraction of sp³-hybridized carbons (Fsp3) is 0.900. The molecule has 0 spiro atoms. The number of nitrogens with two attached hydrogens (primary N) is 1. The van der Waals surface area contributed by atoms with Crippen LogP contribution < -0.4 is 5.73 Å². The predicted octanol–water partition coefficient (Wildman–Crippen LogP) is 0.549. The van der Waals surface area contributed by atoms with Crippen molar-refractivity contribution in [2.24, 2.45) is 16.8 Å². The molecule has 18 heavy (non-hydrogen) atoms. The van der Waals surface area contributed by atoms with Crippen molar-refractivity contribution >= 4 is 5.84 Å². The fourth-order valence-corrected chi connectivity index (χ4v) is 1.98. The van der Waals surface area contributed by atoms with Crippen LogP contribution >= 0.6 is 0 Å². The molecule has 1 unspecified atom stereocenters. The smallest absolute Gasteiger partial charge is 0.400 e. The molecule has 1 aliphatic rings. The first kappa shape index (κ1) is 15.0. The Morgan fingerprint density at radius 3 is 2.56 bits per heavy atom. The van der Waals surface area contributed by atoms with Gasteiger partial charge >= 0.3 is 6.18 Å². The number of likely N-dealkylation sites (N-methyl/N-ethyl adjacent to an activating group) is 1. The Balaban J connectivity index is 2.66. The van der Waals surface area contributed by atoms with Crippen molar-refractivity contribution in [3.05, 3.63) is 0 Å². The highest BCUT2D eigenvalue weighted by Crippen LogP contribution is 2.27. The van der Waals surface area contributed by atoms with Crippen LogP contribution in [0.2, 0.25) is 0 Å². The summed E-state index contributed by atoms with van der Waals surface area (Å²) in [6.45, 7) is 2.49. The molecule has 0 saturated carbocycles. The lowest BCUT2D eigenvalue weighted by Crippen LogP contribution is -2.45. The zero-order valence-electron chi connectivity index (χ0n) is 10.3. The molecule has 1 saturated heterocycles. The van der Waals surface area contributed by atoms with E-state index in [4.69, 9.17) is 10.9 Å². The van der Waals surface area contributed by atoms with E-state index < -0.39 is 17.9 Å². The number of hydrogen-bond donors (Lipinski definition) is 2. The maximum Gasteiger partial charge on any atom is 0.400 e. The molecule has 0 aromatic heterocycles. The van der Waals surface area contributed by atoms with E-state index in [1.165, 1.54) is 0 Å². The maximum absolute atomic E-state index is 12.8. The molecule has 1 aliphatic heterocycles. The summed E-state index contributed by atoms with van der Waals surface area (Å²) in [7, 11) is 1.94. The molecule has 0 bridgehead atoms. The van der Waals surface area contributed by atoms with Crippen molar-refractivity contribution < 1.29 is 18.4 Å². The minimum Gasteiger partial charge on any atom is -0.409 e. The monoisotopic (exact) mass is 268 g/mol. The zero-order valence-corrected chi connectivity index (χ0v) is 10.3. The second kappa shape index (κ2) is 6.24. The average Bonchev–Trinajstić information content (AvgIpc) is 2.48. The van der Waals surface area contributed by atoms with Gasteiger partial charge in [0.15, 0.2) is 5.84 Å². The van der Waals surface area contributed by atoms with Crippen molar-refractivity contribution in [2.75, 3.05) is 39.8 Å². The molecular formula is C10H19F3N4O. The molecule has 0 aliphatic carbocycles. The highest BCUT2D eigenvalue weighted by Gasteiger charge is 2.43. The molecule has 0 amide bonds. The van der Waals surface area contributed by atoms with Crippen LogP contribution in [0.3, 0.4) is 0 Å². The summed E-state index contributed by atoms with van der Waals surface area (Å²) in [5, 5.41) is 10.9. The number of hydrogen-bond acceptors (Lipinski definition) is 4. The molecule has 0 radical (unpaired) electrons. The Kier molecular flexibility index (Phi) is 5.21. The molecule has 1 heterocycles. The Morgan fingerprint density at radius 2 is 2.00 bits per heavy atom. The van der Waals surface area contributed by atoms with E-state index >= 15 is 0 Å². The Bertz CT molecular complexity index is 295.